The van der Waals surface area contributed by atoms with Gasteiger partial charge in [-0.05, 0) is 18.3 Å². The Balaban J connectivity index is 3.97. The second kappa shape index (κ2) is 8.51. The van der Waals surface area contributed by atoms with E-state index in [2.05, 4.69) is 27.7 Å². The van der Waals surface area contributed by atoms with E-state index in [4.69, 9.17) is 5.73 Å². The fourth-order valence-corrected chi connectivity index (χ4v) is 1.78. The lowest BCUT2D eigenvalue weighted by atomic mass is 9.98. The largest absolute Gasteiger partial charge is 0.346 e. The summed E-state index contributed by atoms with van der Waals surface area (Å²) >= 11 is 0. The molecule has 0 fully saturated rings. The number of carbonyl (C=O) groups is 1. The van der Waals surface area contributed by atoms with E-state index in [9.17, 15) is 4.79 Å². The van der Waals surface area contributed by atoms with Crippen molar-refractivity contribution in [3.05, 3.63) is 0 Å². The molecule has 2 N–H and O–H groups in total. The number of rotatable bonds is 8. The van der Waals surface area contributed by atoms with Crippen molar-refractivity contribution in [2.75, 3.05) is 13.6 Å². The lowest BCUT2D eigenvalue weighted by molar-refractivity contribution is -0.131. The highest BCUT2D eigenvalue weighted by Crippen LogP contribution is 2.14. The van der Waals surface area contributed by atoms with E-state index in [1.54, 1.807) is 0 Å². The first-order chi connectivity index (χ1) is 7.92. The molecule has 3 nitrogen and oxygen atoms in total. The van der Waals surface area contributed by atoms with Crippen LogP contribution in [0.5, 0.6) is 0 Å². The van der Waals surface area contributed by atoms with Crippen LogP contribution in [-0.2, 0) is 4.79 Å². The minimum absolute atomic E-state index is 0.193. The Morgan fingerprint density at radius 3 is 2.18 bits per heavy atom. The first-order valence-corrected chi connectivity index (χ1v) is 6.91. The summed E-state index contributed by atoms with van der Waals surface area (Å²) in [6.45, 7) is 9.32. The summed E-state index contributed by atoms with van der Waals surface area (Å²) < 4.78 is 0. The molecular weight excluding hydrogens is 212 g/mol. The average Bonchev–Trinajstić information content (AvgIpc) is 2.31. The van der Waals surface area contributed by atoms with Crippen molar-refractivity contribution < 1.29 is 4.79 Å². The average molecular weight is 242 g/mol. The van der Waals surface area contributed by atoms with Crippen LogP contribution >= 0.6 is 0 Å². The van der Waals surface area contributed by atoms with Crippen molar-refractivity contribution >= 4 is 5.91 Å². The molecule has 0 aliphatic carbocycles. The molecule has 102 valence electrons. The zero-order chi connectivity index (χ0) is 13.4. The number of amides is 1. The van der Waals surface area contributed by atoms with Gasteiger partial charge in [-0.2, -0.15) is 0 Å². The highest BCUT2D eigenvalue weighted by Gasteiger charge is 2.15. The van der Waals surface area contributed by atoms with Crippen LogP contribution in [-0.4, -0.2) is 30.4 Å². The van der Waals surface area contributed by atoms with Crippen LogP contribution in [0, 0.1) is 11.8 Å². The second-order valence-electron chi connectivity index (χ2n) is 5.40. The quantitative estimate of drug-likeness (QED) is 0.711. The zero-order valence-corrected chi connectivity index (χ0v) is 12.2. The van der Waals surface area contributed by atoms with Crippen molar-refractivity contribution in [3.63, 3.8) is 0 Å². The lowest BCUT2D eigenvalue weighted by Crippen LogP contribution is -2.35. The summed E-state index contributed by atoms with van der Waals surface area (Å²) in [6, 6.07) is 0.193. The second-order valence-corrected chi connectivity index (χ2v) is 5.40. The smallest absolute Gasteiger partial charge is 0.222 e. The first-order valence-electron chi connectivity index (χ1n) is 6.91. The van der Waals surface area contributed by atoms with E-state index in [0.717, 1.165) is 25.8 Å². The van der Waals surface area contributed by atoms with Crippen LogP contribution in [0.1, 0.15) is 53.4 Å². The van der Waals surface area contributed by atoms with Crippen LogP contribution in [0.4, 0.5) is 0 Å². The number of nitrogens with two attached hydrogens (primary N) is 1. The van der Waals surface area contributed by atoms with Gasteiger partial charge in [0, 0.05) is 26.1 Å². The molecule has 0 bridgehead atoms. The molecule has 0 radical (unpaired) electrons. The predicted molar refractivity (Wildman–Crippen MR) is 73.8 cm³/mol. The Labute approximate surface area is 107 Å². The maximum atomic E-state index is 11.9. The molecule has 1 amide bonds. The van der Waals surface area contributed by atoms with E-state index >= 15 is 0 Å². The van der Waals surface area contributed by atoms with Gasteiger partial charge in [-0.15, -0.1) is 0 Å². The summed E-state index contributed by atoms with van der Waals surface area (Å²) in [4.78, 5) is 13.8. The molecule has 0 aliphatic heterocycles. The van der Waals surface area contributed by atoms with Gasteiger partial charge in [0.15, 0.2) is 0 Å². The molecule has 0 saturated heterocycles. The van der Waals surface area contributed by atoms with Crippen molar-refractivity contribution in [2.24, 2.45) is 17.6 Å². The Morgan fingerprint density at radius 1 is 1.24 bits per heavy atom. The number of hydrogen-bond acceptors (Lipinski definition) is 2. The topological polar surface area (TPSA) is 46.3 Å². The predicted octanol–water partition coefficient (Wildman–Crippen LogP) is 2.64. The first kappa shape index (κ1) is 16.4. The van der Waals surface area contributed by atoms with Gasteiger partial charge in [-0.25, -0.2) is 0 Å². The van der Waals surface area contributed by atoms with Crippen molar-refractivity contribution in [2.45, 2.75) is 59.4 Å². The highest BCUT2D eigenvalue weighted by atomic mass is 16.2. The molecular formula is C14H30N2O. The van der Waals surface area contributed by atoms with Gasteiger partial charge in [-0.1, -0.05) is 40.5 Å². The van der Waals surface area contributed by atoms with E-state index < -0.39 is 0 Å². The van der Waals surface area contributed by atoms with Gasteiger partial charge in [0.25, 0.3) is 0 Å². The third kappa shape index (κ3) is 6.67. The molecule has 1 unspecified atom stereocenters. The zero-order valence-electron chi connectivity index (χ0n) is 12.2. The standard InChI is InChI=1S/C14H30N2O/c1-6-12(7-2)10-14(17)16(5)9-8-13(15)11(3)4/h11-13H,6-10,15H2,1-5H3. The van der Waals surface area contributed by atoms with Crippen LogP contribution in [0.25, 0.3) is 0 Å². The van der Waals surface area contributed by atoms with E-state index in [1.807, 2.05) is 11.9 Å². The third-order valence-corrected chi connectivity index (χ3v) is 3.70. The molecule has 0 spiro atoms. The SMILES string of the molecule is CCC(CC)CC(=O)N(C)CCC(N)C(C)C. The number of hydrogen-bond donors (Lipinski definition) is 1. The van der Waals surface area contributed by atoms with Gasteiger partial charge in [0.05, 0.1) is 0 Å². The normalized spacial score (nSPS) is 13.2. The summed E-state index contributed by atoms with van der Waals surface area (Å²) in [5, 5.41) is 0. The summed E-state index contributed by atoms with van der Waals surface area (Å²) in [5.74, 6) is 1.27. The molecule has 17 heavy (non-hydrogen) atoms. The Hall–Kier alpha value is -0.570. The van der Waals surface area contributed by atoms with Crippen LogP contribution < -0.4 is 5.73 Å². The molecule has 0 aliphatic rings. The van der Waals surface area contributed by atoms with Crippen molar-refractivity contribution in [1.82, 2.24) is 4.90 Å². The molecule has 0 aromatic rings. The highest BCUT2D eigenvalue weighted by molar-refractivity contribution is 5.76. The maximum absolute atomic E-state index is 11.9. The van der Waals surface area contributed by atoms with Gasteiger partial charge in [0.2, 0.25) is 5.91 Å². The Kier molecular flexibility index (Phi) is 8.23. The minimum atomic E-state index is 0.193. The van der Waals surface area contributed by atoms with Crippen LogP contribution in [0.2, 0.25) is 0 Å². The van der Waals surface area contributed by atoms with E-state index in [0.29, 0.717) is 18.3 Å². The fraction of sp³-hybridized carbons (Fsp3) is 0.929. The molecule has 0 rings (SSSR count). The molecule has 1 atom stereocenters. The number of nitrogens with zero attached hydrogens (tertiary/aromatic N) is 1. The molecule has 0 aromatic carbocycles. The molecule has 0 heterocycles. The summed E-state index contributed by atoms with van der Waals surface area (Å²) in [7, 11) is 1.89. The lowest BCUT2D eigenvalue weighted by Gasteiger charge is -2.23. The van der Waals surface area contributed by atoms with Gasteiger partial charge < -0.3 is 10.6 Å². The summed E-state index contributed by atoms with van der Waals surface area (Å²) in [6.07, 6.45) is 3.74. The third-order valence-electron chi connectivity index (χ3n) is 3.70. The van der Waals surface area contributed by atoms with Gasteiger partial charge >= 0.3 is 0 Å². The fourth-order valence-electron chi connectivity index (χ4n) is 1.78. The maximum Gasteiger partial charge on any atom is 0.222 e. The minimum Gasteiger partial charge on any atom is -0.346 e. The van der Waals surface area contributed by atoms with Gasteiger partial charge in [0.1, 0.15) is 0 Å². The molecule has 0 saturated carbocycles. The van der Waals surface area contributed by atoms with E-state index in [1.165, 1.54) is 0 Å². The van der Waals surface area contributed by atoms with E-state index in [-0.39, 0.29) is 11.9 Å². The molecule has 3 heteroatoms. The molecule has 0 aromatic heterocycles. The van der Waals surface area contributed by atoms with Crippen molar-refractivity contribution in [3.8, 4) is 0 Å². The summed E-state index contributed by atoms with van der Waals surface area (Å²) in [5.41, 5.74) is 5.98. The van der Waals surface area contributed by atoms with Crippen LogP contribution in [0.3, 0.4) is 0 Å². The Bertz CT molecular complexity index is 212. The van der Waals surface area contributed by atoms with Crippen LogP contribution in [0.15, 0.2) is 0 Å². The van der Waals surface area contributed by atoms with Crippen molar-refractivity contribution in [1.29, 1.82) is 0 Å². The van der Waals surface area contributed by atoms with Gasteiger partial charge in [-0.3, -0.25) is 4.79 Å². The number of carbonyl (C=O) groups excluding carboxylic acids is 1. The Morgan fingerprint density at radius 2 is 1.76 bits per heavy atom. The monoisotopic (exact) mass is 242 g/mol.